The Bertz CT molecular complexity index is 1570. The van der Waals surface area contributed by atoms with Gasteiger partial charge in [0.05, 0.1) is 21.2 Å². The molecule has 241 valence electrons. The van der Waals surface area contributed by atoms with Gasteiger partial charge in [0.25, 0.3) is 0 Å². The minimum absolute atomic E-state index is 3.33. The van der Waals surface area contributed by atoms with Crippen LogP contribution >= 0.6 is 7.26 Å². The summed E-state index contributed by atoms with van der Waals surface area (Å²) < 4.78 is 294. The van der Waals surface area contributed by atoms with E-state index in [2.05, 4.69) is 0 Å². The van der Waals surface area contributed by atoms with Crippen LogP contribution in [0.15, 0.2) is 0 Å². The summed E-state index contributed by atoms with van der Waals surface area (Å²) >= 11 is 0. The second-order valence-corrected chi connectivity index (χ2v) is 11.5. The lowest BCUT2D eigenvalue weighted by molar-refractivity contribution is 0.379. The van der Waals surface area contributed by atoms with E-state index in [1.54, 1.807) is 0 Å². The smallest absolute Gasteiger partial charge is 0.200 e. The maximum atomic E-state index is 15.4. The van der Waals surface area contributed by atoms with Gasteiger partial charge in [-0.05, 0) is 0 Å². The Morgan fingerprint density at radius 3 is 0.356 bits per heavy atom. The molecule has 4 aromatic rings. The molecule has 21 heteroatoms. The van der Waals surface area contributed by atoms with Crippen LogP contribution in [0.3, 0.4) is 0 Å². The Balaban J connectivity index is 2.69. The average molecular weight is 699 g/mol. The summed E-state index contributed by atoms with van der Waals surface area (Å²) in [4.78, 5) is 0. The van der Waals surface area contributed by atoms with Crippen molar-refractivity contribution in [2.24, 2.45) is 0 Å². The van der Waals surface area contributed by atoms with E-state index in [1.807, 2.05) is 0 Å². The van der Waals surface area contributed by atoms with Gasteiger partial charge in [0.1, 0.15) is 0 Å². The van der Waals surface area contributed by atoms with Crippen molar-refractivity contribution in [2.45, 2.75) is 0 Å². The van der Waals surface area contributed by atoms with Crippen LogP contribution in [0.2, 0.25) is 0 Å². The fraction of sp³-hybridized carbons (Fsp3) is 0. The highest BCUT2D eigenvalue weighted by atomic mass is 31.2. The van der Waals surface area contributed by atoms with E-state index in [-0.39, 0.29) is 0 Å². The van der Waals surface area contributed by atoms with Crippen molar-refractivity contribution in [2.75, 3.05) is 0 Å². The zero-order valence-corrected chi connectivity index (χ0v) is 20.9. The standard InChI is InChI=1S/C24F20P/c25-1-5(29)13(37)21(14(38)6(1)30)45(22-15(39)7(31)2(26)8(32)16(22)40,23-17(41)9(33)3(27)10(34)18(23)42)24-19(43)11(35)4(28)12(36)20(24)44. The quantitative estimate of drug-likeness (QED) is 0.0925. The van der Waals surface area contributed by atoms with E-state index < -0.39 is 145 Å². The first-order chi connectivity index (χ1) is 20.7. The molecule has 0 aliphatic carbocycles. The molecule has 45 heavy (non-hydrogen) atoms. The van der Waals surface area contributed by atoms with E-state index in [0.717, 1.165) is 0 Å². The van der Waals surface area contributed by atoms with Crippen molar-refractivity contribution in [3.05, 3.63) is 116 Å². The number of rotatable bonds is 4. The van der Waals surface area contributed by atoms with Crippen molar-refractivity contribution in [1.29, 1.82) is 0 Å². The molecule has 0 spiro atoms. The highest BCUT2D eigenvalue weighted by molar-refractivity contribution is 8.01. The average Bonchev–Trinajstić information content (AvgIpc) is 3.00. The number of benzene rings is 4. The Kier molecular flexibility index (Phi) is 8.31. The van der Waals surface area contributed by atoms with Gasteiger partial charge in [-0.25, -0.2) is 87.8 Å². The summed E-state index contributed by atoms with van der Waals surface area (Å²) in [6.45, 7) is 0. The summed E-state index contributed by atoms with van der Waals surface area (Å²) in [5, 5.41) is -14.1. The predicted octanol–water partition coefficient (Wildman–Crippen LogP) is 7.09. The van der Waals surface area contributed by atoms with Gasteiger partial charge in [-0.3, -0.25) is 0 Å². The first-order valence-electron chi connectivity index (χ1n) is 10.7. The molecule has 0 saturated carbocycles. The topological polar surface area (TPSA) is 0 Å². The maximum Gasteiger partial charge on any atom is 0.200 e. The zero-order valence-electron chi connectivity index (χ0n) is 20.0. The summed E-state index contributed by atoms with van der Waals surface area (Å²) in [6, 6.07) is 0. The third kappa shape index (κ3) is 4.27. The van der Waals surface area contributed by atoms with E-state index in [9.17, 15) is 52.7 Å². The van der Waals surface area contributed by atoms with Gasteiger partial charge < -0.3 is 0 Å². The predicted molar refractivity (Wildman–Crippen MR) is 110 cm³/mol. The van der Waals surface area contributed by atoms with E-state index in [1.165, 1.54) is 0 Å². The van der Waals surface area contributed by atoms with Gasteiger partial charge in [0.15, 0.2) is 93.1 Å². The summed E-state index contributed by atoms with van der Waals surface area (Å²) in [7, 11) is -8.09. The molecule has 0 heterocycles. The molecule has 0 unspecified atom stereocenters. The van der Waals surface area contributed by atoms with Gasteiger partial charge in [-0.15, -0.1) is 0 Å². The van der Waals surface area contributed by atoms with Crippen LogP contribution < -0.4 is 21.2 Å². The lowest BCUT2D eigenvalue weighted by atomic mass is 10.3. The van der Waals surface area contributed by atoms with Crippen LogP contribution in [-0.4, -0.2) is 0 Å². The molecule has 4 aromatic carbocycles. The van der Waals surface area contributed by atoms with Crippen LogP contribution in [0.1, 0.15) is 0 Å². The van der Waals surface area contributed by atoms with Gasteiger partial charge in [-0.1, -0.05) is 0 Å². The molecule has 1 radical (unpaired) electrons. The zero-order chi connectivity index (χ0) is 34.4. The van der Waals surface area contributed by atoms with E-state index >= 15 is 35.1 Å². The Morgan fingerprint density at radius 1 is 0.156 bits per heavy atom. The van der Waals surface area contributed by atoms with Crippen LogP contribution in [0.5, 0.6) is 0 Å². The van der Waals surface area contributed by atoms with Gasteiger partial charge in [0, 0.05) is 7.26 Å². The Hall–Kier alpha value is -4.09. The molecule has 4 rings (SSSR count). The first-order valence-corrected chi connectivity index (χ1v) is 12.5. The van der Waals surface area contributed by atoms with Crippen molar-refractivity contribution >= 4 is 28.5 Å². The summed E-state index contributed by atoms with van der Waals surface area (Å²) in [5.41, 5.74) is 0. The van der Waals surface area contributed by atoms with Crippen LogP contribution in [0.4, 0.5) is 87.8 Å². The molecule has 0 nitrogen and oxygen atoms in total. The van der Waals surface area contributed by atoms with Crippen molar-refractivity contribution in [1.82, 2.24) is 0 Å². The minimum atomic E-state index is -8.09. The number of hydrogen-bond acceptors (Lipinski definition) is 0. The van der Waals surface area contributed by atoms with Crippen molar-refractivity contribution < 1.29 is 87.8 Å². The summed E-state index contributed by atoms with van der Waals surface area (Å²) in [5.74, 6) is -71.1. The fourth-order valence-corrected chi connectivity index (χ4v) is 8.70. The largest absolute Gasteiger partial charge is 0.203 e. The molecule has 0 fully saturated rings. The molecule has 0 atom stereocenters. The highest BCUT2D eigenvalue weighted by Crippen LogP contribution is 2.60. The Labute approximate surface area is 233 Å². The van der Waals surface area contributed by atoms with Crippen LogP contribution in [0, 0.1) is 116 Å². The first kappa shape index (κ1) is 33.8. The molecule has 0 amide bonds. The molecule has 0 bridgehead atoms. The van der Waals surface area contributed by atoms with Crippen LogP contribution in [0.25, 0.3) is 0 Å². The van der Waals surface area contributed by atoms with E-state index in [0.29, 0.717) is 0 Å². The molecule has 0 saturated heterocycles. The molecular formula is C24F20P. The van der Waals surface area contributed by atoms with Crippen molar-refractivity contribution in [3.8, 4) is 0 Å². The SMILES string of the molecule is Fc1c(F)c(F)c([P](c2c(F)c(F)c(F)c(F)c2F)(c2c(F)c(F)c(F)c(F)c2F)c2c(F)c(F)c(F)c(F)c2F)c(F)c1F. The minimum Gasteiger partial charge on any atom is -0.203 e. The van der Waals surface area contributed by atoms with Gasteiger partial charge in [0.2, 0.25) is 23.3 Å². The normalized spacial score (nSPS) is 12.0. The molecular weight excluding hydrogens is 699 g/mol. The second-order valence-electron chi connectivity index (χ2n) is 8.34. The van der Waals surface area contributed by atoms with Gasteiger partial charge >= 0.3 is 0 Å². The highest BCUT2D eigenvalue weighted by Gasteiger charge is 2.56. The van der Waals surface area contributed by atoms with E-state index in [4.69, 9.17) is 0 Å². The second kappa shape index (κ2) is 11.1. The molecule has 0 aromatic heterocycles. The lowest BCUT2D eigenvalue weighted by Crippen LogP contribution is -2.50. The lowest BCUT2D eigenvalue weighted by Gasteiger charge is -2.39. The van der Waals surface area contributed by atoms with Gasteiger partial charge in [-0.2, -0.15) is 0 Å². The molecule has 0 aliphatic heterocycles. The third-order valence-corrected chi connectivity index (χ3v) is 10.3. The number of halogens is 20. The fourth-order valence-electron chi connectivity index (χ4n) is 4.22. The Morgan fingerprint density at radius 2 is 0.244 bits per heavy atom. The molecule has 0 aliphatic rings. The maximum absolute atomic E-state index is 15.4. The monoisotopic (exact) mass is 699 g/mol. The van der Waals surface area contributed by atoms with Crippen molar-refractivity contribution in [3.63, 3.8) is 0 Å². The third-order valence-electron chi connectivity index (χ3n) is 6.09. The van der Waals surface area contributed by atoms with Crippen LogP contribution in [-0.2, 0) is 0 Å². The number of hydrogen-bond donors (Lipinski definition) is 0. The summed E-state index contributed by atoms with van der Waals surface area (Å²) in [6.07, 6.45) is 0. The molecule has 0 N–H and O–H groups in total.